The Bertz CT molecular complexity index is 473. The molecule has 0 spiro atoms. The van der Waals surface area contributed by atoms with E-state index in [0.29, 0.717) is 0 Å². The summed E-state index contributed by atoms with van der Waals surface area (Å²) < 4.78 is 6.27. The van der Waals surface area contributed by atoms with E-state index in [1.165, 1.54) is 0 Å². The Morgan fingerprint density at radius 1 is 1.19 bits per heavy atom. The van der Waals surface area contributed by atoms with E-state index >= 15 is 0 Å². The number of pyridine rings is 1. The predicted octanol–water partition coefficient (Wildman–Crippen LogP) is 4.00. The van der Waals surface area contributed by atoms with Crippen LogP contribution in [-0.2, 0) is 0 Å². The van der Waals surface area contributed by atoms with Gasteiger partial charge in [-0.3, -0.25) is 0 Å². The van der Waals surface area contributed by atoms with Crippen LogP contribution in [0.25, 0.3) is 0 Å². The summed E-state index contributed by atoms with van der Waals surface area (Å²) in [6.07, 6.45) is 1.79. The molecule has 1 heterocycles. The van der Waals surface area contributed by atoms with Gasteiger partial charge in [-0.2, -0.15) is 0 Å². The second kappa shape index (κ2) is 5.37. The molecule has 4 heteroatoms. The van der Waals surface area contributed by atoms with Gasteiger partial charge in [0.25, 0.3) is 0 Å². The molecule has 2 rings (SSSR count). The Hall–Kier alpha value is -1.00. The smallest absolute Gasteiger partial charge is 0.132 e. The fourth-order valence-electron chi connectivity index (χ4n) is 1.24. The first kappa shape index (κ1) is 11.5. The molecule has 0 aliphatic rings. The van der Waals surface area contributed by atoms with Crippen molar-refractivity contribution in [2.45, 2.75) is 9.92 Å². The number of aromatic nitrogens is 1. The van der Waals surface area contributed by atoms with Gasteiger partial charge in [-0.1, -0.05) is 23.9 Å². The van der Waals surface area contributed by atoms with Crippen LogP contribution >= 0.6 is 27.7 Å². The van der Waals surface area contributed by atoms with Gasteiger partial charge in [0.05, 0.1) is 12.0 Å². The molecule has 82 valence electrons. The van der Waals surface area contributed by atoms with Crippen LogP contribution in [0.2, 0.25) is 0 Å². The van der Waals surface area contributed by atoms with Crippen LogP contribution in [0.15, 0.2) is 57.0 Å². The van der Waals surface area contributed by atoms with Gasteiger partial charge in [0.2, 0.25) is 0 Å². The van der Waals surface area contributed by atoms with Gasteiger partial charge >= 0.3 is 0 Å². The average molecular weight is 296 g/mol. The van der Waals surface area contributed by atoms with Gasteiger partial charge < -0.3 is 4.74 Å². The minimum Gasteiger partial charge on any atom is -0.496 e. The Kier molecular flexibility index (Phi) is 3.85. The van der Waals surface area contributed by atoms with E-state index in [-0.39, 0.29) is 0 Å². The van der Waals surface area contributed by atoms with Gasteiger partial charge in [0.1, 0.15) is 10.8 Å². The van der Waals surface area contributed by atoms with Crippen LogP contribution in [-0.4, -0.2) is 12.1 Å². The van der Waals surface area contributed by atoms with E-state index in [9.17, 15) is 0 Å². The van der Waals surface area contributed by atoms with Crippen LogP contribution in [0, 0.1) is 0 Å². The van der Waals surface area contributed by atoms with E-state index in [4.69, 9.17) is 4.74 Å². The molecular formula is C12H10BrNOS. The second-order valence-electron chi connectivity index (χ2n) is 3.07. The van der Waals surface area contributed by atoms with Crippen molar-refractivity contribution in [1.29, 1.82) is 0 Å². The number of hydrogen-bond donors (Lipinski definition) is 0. The number of benzene rings is 1. The highest BCUT2D eigenvalue weighted by atomic mass is 79.9. The fourth-order valence-corrected chi connectivity index (χ4v) is 2.34. The van der Waals surface area contributed by atoms with Crippen LogP contribution in [0.3, 0.4) is 0 Å². The number of para-hydroxylation sites is 1. The van der Waals surface area contributed by atoms with Gasteiger partial charge in [-0.25, -0.2) is 4.98 Å². The Balaban J connectivity index is 2.23. The monoisotopic (exact) mass is 295 g/mol. The third-order valence-electron chi connectivity index (χ3n) is 1.98. The molecule has 1 aromatic carbocycles. The molecule has 0 unspecified atom stereocenters. The standard InChI is InChI=1S/C12H10BrNOS/c1-15-10-4-2-3-5-11(10)16-12-7-6-9(13)8-14-12/h2-8H,1H3. The molecule has 16 heavy (non-hydrogen) atoms. The summed E-state index contributed by atoms with van der Waals surface area (Å²) >= 11 is 4.95. The molecule has 0 radical (unpaired) electrons. The highest BCUT2D eigenvalue weighted by Gasteiger charge is 2.04. The molecule has 0 bridgehead atoms. The Labute approximate surface area is 107 Å². The number of hydrogen-bond acceptors (Lipinski definition) is 3. The average Bonchev–Trinajstić information content (AvgIpc) is 2.33. The summed E-state index contributed by atoms with van der Waals surface area (Å²) in [6, 6.07) is 11.9. The maximum absolute atomic E-state index is 5.28. The second-order valence-corrected chi connectivity index (χ2v) is 5.05. The fraction of sp³-hybridized carbons (Fsp3) is 0.0833. The molecule has 0 fully saturated rings. The van der Waals surface area contributed by atoms with Gasteiger partial charge in [0, 0.05) is 10.7 Å². The van der Waals surface area contributed by atoms with Crippen LogP contribution < -0.4 is 4.74 Å². The van der Waals surface area contributed by atoms with Crippen LogP contribution in [0.4, 0.5) is 0 Å². The quantitative estimate of drug-likeness (QED) is 0.854. The third-order valence-corrected chi connectivity index (χ3v) is 3.46. The molecule has 1 aromatic heterocycles. The zero-order valence-corrected chi connectivity index (χ0v) is 11.1. The number of nitrogens with zero attached hydrogens (tertiary/aromatic N) is 1. The number of methoxy groups -OCH3 is 1. The molecule has 0 aliphatic heterocycles. The summed E-state index contributed by atoms with van der Waals surface area (Å²) in [7, 11) is 1.68. The summed E-state index contributed by atoms with van der Waals surface area (Å²) in [4.78, 5) is 5.38. The minimum absolute atomic E-state index is 0.872. The number of ether oxygens (including phenoxy) is 1. The van der Waals surface area contributed by atoms with Crippen molar-refractivity contribution in [2.24, 2.45) is 0 Å². The lowest BCUT2D eigenvalue weighted by Crippen LogP contribution is -1.86. The molecule has 0 amide bonds. The first-order valence-electron chi connectivity index (χ1n) is 4.72. The van der Waals surface area contributed by atoms with Gasteiger partial charge in [-0.05, 0) is 40.2 Å². The zero-order chi connectivity index (χ0) is 11.4. The lowest BCUT2D eigenvalue weighted by atomic mass is 10.3. The lowest BCUT2D eigenvalue weighted by Gasteiger charge is -2.06. The Morgan fingerprint density at radius 2 is 2.00 bits per heavy atom. The molecule has 0 saturated carbocycles. The summed E-state index contributed by atoms with van der Waals surface area (Å²) in [5.41, 5.74) is 0. The van der Waals surface area contributed by atoms with Gasteiger partial charge in [-0.15, -0.1) is 0 Å². The first-order valence-corrected chi connectivity index (χ1v) is 6.33. The molecular weight excluding hydrogens is 286 g/mol. The molecule has 0 atom stereocenters. The highest BCUT2D eigenvalue weighted by molar-refractivity contribution is 9.10. The normalized spacial score (nSPS) is 10.1. The van der Waals surface area contributed by atoms with E-state index in [2.05, 4.69) is 20.9 Å². The third kappa shape index (κ3) is 2.77. The van der Waals surface area contributed by atoms with Crippen LogP contribution in [0.1, 0.15) is 0 Å². The first-order chi connectivity index (χ1) is 7.79. The summed E-state index contributed by atoms with van der Waals surface area (Å²) in [6.45, 7) is 0. The van der Waals surface area contributed by atoms with E-state index in [1.807, 2.05) is 36.4 Å². The van der Waals surface area contributed by atoms with Crippen LogP contribution in [0.5, 0.6) is 5.75 Å². The molecule has 2 nitrogen and oxygen atoms in total. The maximum atomic E-state index is 5.28. The largest absolute Gasteiger partial charge is 0.496 e. The van der Waals surface area contributed by atoms with Crippen molar-refractivity contribution >= 4 is 27.7 Å². The van der Waals surface area contributed by atoms with Crippen molar-refractivity contribution in [1.82, 2.24) is 4.98 Å². The van der Waals surface area contributed by atoms with Crippen molar-refractivity contribution in [3.05, 3.63) is 47.1 Å². The van der Waals surface area contributed by atoms with E-state index < -0.39 is 0 Å². The van der Waals surface area contributed by atoms with E-state index in [0.717, 1.165) is 20.1 Å². The topological polar surface area (TPSA) is 22.1 Å². The van der Waals surface area contributed by atoms with Crippen molar-refractivity contribution in [2.75, 3.05) is 7.11 Å². The van der Waals surface area contributed by atoms with Gasteiger partial charge in [0.15, 0.2) is 0 Å². The minimum atomic E-state index is 0.872. The summed E-state index contributed by atoms with van der Waals surface area (Å²) in [5.74, 6) is 0.872. The SMILES string of the molecule is COc1ccccc1Sc1ccc(Br)cn1. The zero-order valence-electron chi connectivity index (χ0n) is 8.68. The number of halogens is 1. The molecule has 2 aromatic rings. The van der Waals surface area contributed by atoms with Crippen molar-refractivity contribution in [3.63, 3.8) is 0 Å². The molecule has 0 saturated heterocycles. The predicted molar refractivity (Wildman–Crippen MR) is 69.1 cm³/mol. The molecule has 0 aliphatic carbocycles. The lowest BCUT2D eigenvalue weighted by molar-refractivity contribution is 0.405. The van der Waals surface area contributed by atoms with Crippen molar-refractivity contribution < 1.29 is 4.74 Å². The van der Waals surface area contributed by atoms with E-state index in [1.54, 1.807) is 25.1 Å². The number of rotatable bonds is 3. The van der Waals surface area contributed by atoms with Crippen molar-refractivity contribution in [3.8, 4) is 5.75 Å². The molecule has 0 N–H and O–H groups in total. The highest BCUT2D eigenvalue weighted by Crippen LogP contribution is 2.33. The Morgan fingerprint density at radius 3 is 2.69 bits per heavy atom. The summed E-state index contributed by atoms with van der Waals surface area (Å²) in [5, 5.41) is 0.952. The maximum Gasteiger partial charge on any atom is 0.132 e.